The molecule has 2 aromatic rings. The molecule has 0 saturated carbocycles. The highest BCUT2D eigenvalue weighted by Crippen LogP contribution is 2.25. The summed E-state index contributed by atoms with van der Waals surface area (Å²) in [5, 5.41) is 9.42. The molecular weight excluding hydrogens is 206 g/mol. The molecule has 0 aliphatic carbocycles. The summed E-state index contributed by atoms with van der Waals surface area (Å²) in [6.07, 6.45) is 3.00. The number of aromatic nitrogens is 1. The van der Waals surface area contributed by atoms with Crippen LogP contribution in [0.1, 0.15) is 10.4 Å². The van der Waals surface area contributed by atoms with Gasteiger partial charge in [-0.2, -0.15) is 0 Å². The quantitative estimate of drug-likeness (QED) is 0.615. The number of phenolic OH excluding ortho intramolecular Hbond substituents is 1. The van der Waals surface area contributed by atoms with Crippen molar-refractivity contribution in [2.24, 2.45) is 0 Å². The number of para-hydroxylation sites is 2. The molecule has 1 aromatic heterocycles. The highest BCUT2D eigenvalue weighted by Gasteiger charge is 2.10. The van der Waals surface area contributed by atoms with Gasteiger partial charge in [0, 0.05) is 12.4 Å². The lowest BCUT2D eigenvalue weighted by Crippen LogP contribution is -2.08. The fourth-order valence-corrected chi connectivity index (χ4v) is 1.19. The number of phenols is 1. The summed E-state index contributed by atoms with van der Waals surface area (Å²) in [6.45, 7) is 0. The van der Waals surface area contributed by atoms with E-state index in [1.54, 1.807) is 24.3 Å². The van der Waals surface area contributed by atoms with Crippen molar-refractivity contribution in [3.8, 4) is 11.5 Å². The van der Waals surface area contributed by atoms with Crippen LogP contribution in [0.15, 0.2) is 48.8 Å². The normalized spacial score (nSPS) is 9.75. The minimum absolute atomic E-state index is 0.0649. The second kappa shape index (κ2) is 4.44. The number of rotatable bonds is 2. The molecule has 16 heavy (non-hydrogen) atoms. The molecule has 0 fully saturated rings. The van der Waals surface area contributed by atoms with Crippen molar-refractivity contribution in [3.05, 3.63) is 54.4 Å². The van der Waals surface area contributed by atoms with Gasteiger partial charge in [-0.15, -0.1) is 0 Å². The van der Waals surface area contributed by atoms with Crippen LogP contribution in [-0.2, 0) is 0 Å². The van der Waals surface area contributed by atoms with Crippen LogP contribution in [0.5, 0.6) is 11.5 Å². The van der Waals surface area contributed by atoms with Crippen molar-refractivity contribution in [3.63, 3.8) is 0 Å². The lowest BCUT2D eigenvalue weighted by molar-refractivity contribution is 0.0729. The number of carbonyl (C=O) groups is 1. The first kappa shape index (κ1) is 10.2. The van der Waals surface area contributed by atoms with Gasteiger partial charge in [-0.1, -0.05) is 12.1 Å². The summed E-state index contributed by atoms with van der Waals surface area (Å²) >= 11 is 0. The Bertz CT molecular complexity index is 497. The Morgan fingerprint density at radius 3 is 2.50 bits per heavy atom. The molecule has 1 heterocycles. The lowest BCUT2D eigenvalue weighted by atomic mass is 10.3. The minimum atomic E-state index is -0.524. The summed E-state index contributed by atoms with van der Waals surface area (Å²) in [5.74, 6) is -0.446. The third-order valence-electron chi connectivity index (χ3n) is 1.98. The van der Waals surface area contributed by atoms with Gasteiger partial charge in [0.15, 0.2) is 11.5 Å². The molecule has 4 nitrogen and oxygen atoms in total. The van der Waals surface area contributed by atoms with Crippen LogP contribution >= 0.6 is 0 Å². The summed E-state index contributed by atoms with van der Waals surface area (Å²) in [5.41, 5.74) is 0.387. The standard InChI is InChI=1S/C12H9NO3/c14-10-3-1-2-4-11(10)16-12(15)9-5-7-13-8-6-9/h1-8,14H. The van der Waals surface area contributed by atoms with Crippen LogP contribution in [-0.4, -0.2) is 16.1 Å². The number of nitrogens with zero attached hydrogens (tertiary/aromatic N) is 1. The zero-order valence-electron chi connectivity index (χ0n) is 8.33. The van der Waals surface area contributed by atoms with Gasteiger partial charge in [-0.3, -0.25) is 4.98 Å². The van der Waals surface area contributed by atoms with Crippen LogP contribution in [0.25, 0.3) is 0 Å². The molecule has 4 heteroatoms. The van der Waals surface area contributed by atoms with Crippen molar-refractivity contribution in [1.82, 2.24) is 4.98 Å². The molecule has 0 unspecified atom stereocenters. The summed E-state index contributed by atoms with van der Waals surface area (Å²) < 4.78 is 5.01. The van der Waals surface area contributed by atoms with Gasteiger partial charge in [-0.05, 0) is 24.3 Å². The average molecular weight is 215 g/mol. The maximum absolute atomic E-state index is 11.6. The van der Waals surface area contributed by atoms with E-state index in [0.29, 0.717) is 5.56 Å². The van der Waals surface area contributed by atoms with Crippen molar-refractivity contribution >= 4 is 5.97 Å². The Labute approximate surface area is 92.1 Å². The monoisotopic (exact) mass is 215 g/mol. The molecule has 80 valence electrons. The van der Waals surface area contributed by atoms with Crippen molar-refractivity contribution in [2.75, 3.05) is 0 Å². The van der Waals surface area contributed by atoms with E-state index >= 15 is 0 Å². The number of carbonyl (C=O) groups excluding carboxylic acids is 1. The third kappa shape index (κ3) is 2.17. The fourth-order valence-electron chi connectivity index (χ4n) is 1.19. The molecule has 1 N–H and O–H groups in total. The maximum Gasteiger partial charge on any atom is 0.343 e. The molecule has 0 atom stereocenters. The second-order valence-electron chi connectivity index (χ2n) is 3.09. The van der Waals surface area contributed by atoms with E-state index in [-0.39, 0.29) is 11.5 Å². The average Bonchev–Trinajstić information content (AvgIpc) is 2.33. The van der Waals surface area contributed by atoms with Crippen LogP contribution in [0.3, 0.4) is 0 Å². The SMILES string of the molecule is O=C(Oc1ccccc1O)c1ccncc1. The van der Waals surface area contributed by atoms with Crippen LogP contribution in [0.2, 0.25) is 0 Å². The number of benzene rings is 1. The molecule has 1 aromatic carbocycles. The first-order valence-corrected chi connectivity index (χ1v) is 4.67. The molecule has 0 radical (unpaired) electrons. The van der Waals surface area contributed by atoms with Gasteiger partial charge in [0.05, 0.1) is 5.56 Å². The largest absolute Gasteiger partial charge is 0.504 e. The highest BCUT2D eigenvalue weighted by molar-refractivity contribution is 5.91. The van der Waals surface area contributed by atoms with E-state index in [2.05, 4.69) is 4.98 Å². The number of hydrogen-bond acceptors (Lipinski definition) is 4. The van der Waals surface area contributed by atoms with Crippen molar-refractivity contribution in [1.29, 1.82) is 0 Å². The third-order valence-corrected chi connectivity index (χ3v) is 1.98. The van der Waals surface area contributed by atoms with Crippen molar-refractivity contribution < 1.29 is 14.6 Å². The summed E-state index contributed by atoms with van der Waals surface area (Å²) in [6, 6.07) is 9.39. The molecule has 0 saturated heterocycles. The molecule has 0 aliphatic heterocycles. The Morgan fingerprint density at radius 2 is 1.81 bits per heavy atom. The second-order valence-corrected chi connectivity index (χ2v) is 3.09. The predicted octanol–water partition coefficient (Wildman–Crippen LogP) is 2.01. The van der Waals surface area contributed by atoms with Gasteiger partial charge in [0.25, 0.3) is 0 Å². The highest BCUT2D eigenvalue weighted by atomic mass is 16.5. The zero-order chi connectivity index (χ0) is 11.4. The number of ether oxygens (including phenoxy) is 1. The first-order valence-electron chi connectivity index (χ1n) is 4.67. The number of aromatic hydroxyl groups is 1. The van der Waals surface area contributed by atoms with Gasteiger partial charge in [-0.25, -0.2) is 4.79 Å². The minimum Gasteiger partial charge on any atom is -0.504 e. The Morgan fingerprint density at radius 1 is 1.12 bits per heavy atom. The lowest BCUT2D eigenvalue weighted by Gasteiger charge is -2.05. The van der Waals surface area contributed by atoms with E-state index in [0.717, 1.165) is 0 Å². The fraction of sp³-hybridized carbons (Fsp3) is 0. The van der Waals surface area contributed by atoms with E-state index in [9.17, 15) is 9.90 Å². The van der Waals surface area contributed by atoms with Gasteiger partial charge in [0.2, 0.25) is 0 Å². The maximum atomic E-state index is 11.6. The van der Waals surface area contributed by atoms with E-state index in [1.165, 1.54) is 24.5 Å². The summed E-state index contributed by atoms with van der Waals surface area (Å²) in [7, 11) is 0. The van der Waals surface area contributed by atoms with E-state index in [4.69, 9.17) is 4.74 Å². The van der Waals surface area contributed by atoms with Gasteiger partial charge in [0.1, 0.15) is 0 Å². The topological polar surface area (TPSA) is 59.4 Å². The predicted molar refractivity (Wildman–Crippen MR) is 57.3 cm³/mol. The molecule has 0 amide bonds. The first-order chi connectivity index (χ1) is 7.77. The molecule has 2 rings (SSSR count). The van der Waals surface area contributed by atoms with Gasteiger partial charge >= 0.3 is 5.97 Å². The van der Waals surface area contributed by atoms with Crippen LogP contribution < -0.4 is 4.74 Å². The number of hydrogen-bond donors (Lipinski definition) is 1. The Balaban J connectivity index is 2.18. The molecule has 0 bridgehead atoms. The smallest absolute Gasteiger partial charge is 0.343 e. The van der Waals surface area contributed by atoms with Gasteiger partial charge < -0.3 is 9.84 Å². The number of esters is 1. The van der Waals surface area contributed by atoms with E-state index in [1.807, 2.05) is 0 Å². The molecular formula is C12H9NO3. The number of pyridine rings is 1. The van der Waals surface area contributed by atoms with Crippen LogP contribution in [0, 0.1) is 0 Å². The van der Waals surface area contributed by atoms with Crippen LogP contribution in [0.4, 0.5) is 0 Å². The Hall–Kier alpha value is -2.36. The zero-order valence-corrected chi connectivity index (χ0v) is 8.33. The summed E-state index contributed by atoms with van der Waals surface area (Å²) in [4.78, 5) is 15.4. The van der Waals surface area contributed by atoms with E-state index < -0.39 is 5.97 Å². The Kier molecular flexibility index (Phi) is 2.82. The molecule has 0 aliphatic rings. The molecule has 0 spiro atoms. The van der Waals surface area contributed by atoms with Crippen molar-refractivity contribution in [2.45, 2.75) is 0 Å².